The van der Waals surface area contributed by atoms with E-state index in [1.165, 1.54) is 17.0 Å². The molecule has 1 aliphatic heterocycles. The fraction of sp³-hybridized carbons (Fsp3) is 0.350. The molecule has 0 aliphatic carbocycles. The van der Waals surface area contributed by atoms with Crippen LogP contribution >= 0.6 is 0 Å². The Bertz CT molecular complexity index is 819. The first-order chi connectivity index (χ1) is 12.3. The van der Waals surface area contributed by atoms with E-state index in [-0.39, 0.29) is 0 Å². The monoisotopic (exact) mass is 333 g/mol. The van der Waals surface area contributed by atoms with Gasteiger partial charge in [-0.2, -0.15) is 0 Å². The normalized spacial score (nSPS) is 15.5. The zero-order valence-corrected chi connectivity index (χ0v) is 14.5. The number of rotatable bonds is 4. The summed E-state index contributed by atoms with van der Waals surface area (Å²) in [5.41, 5.74) is 2.52. The lowest BCUT2D eigenvalue weighted by molar-refractivity contribution is 0.468. The zero-order valence-electron chi connectivity index (χ0n) is 14.5. The fourth-order valence-corrected chi connectivity index (χ4v) is 3.56. The van der Waals surface area contributed by atoms with Gasteiger partial charge in [0.15, 0.2) is 0 Å². The minimum Gasteiger partial charge on any atom is -0.357 e. The van der Waals surface area contributed by atoms with Gasteiger partial charge in [0.25, 0.3) is 0 Å². The number of anilines is 1. The van der Waals surface area contributed by atoms with Crippen LogP contribution in [-0.4, -0.2) is 32.6 Å². The summed E-state index contributed by atoms with van der Waals surface area (Å²) in [6.07, 6.45) is 11.8. The van der Waals surface area contributed by atoms with Crippen LogP contribution in [0.3, 0.4) is 0 Å². The zero-order chi connectivity index (χ0) is 17.1. The molecule has 5 nitrogen and oxygen atoms in total. The van der Waals surface area contributed by atoms with E-state index in [1.54, 1.807) is 0 Å². The molecule has 0 spiro atoms. The first-order valence-corrected chi connectivity index (χ1v) is 8.87. The van der Waals surface area contributed by atoms with E-state index in [0.717, 1.165) is 38.3 Å². The predicted molar refractivity (Wildman–Crippen MR) is 98.7 cm³/mol. The third-order valence-electron chi connectivity index (χ3n) is 4.94. The molecule has 0 atom stereocenters. The van der Waals surface area contributed by atoms with Gasteiger partial charge in [0.05, 0.1) is 0 Å². The van der Waals surface area contributed by atoms with Gasteiger partial charge in [0.1, 0.15) is 11.6 Å². The molecule has 0 amide bonds. The maximum Gasteiger partial charge on any atom is 0.128 e. The van der Waals surface area contributed by atoms with Crippen LogP contribution in [0.5, 0.6) is 0 Å². The number of nitrogens with zero attached hydrogens (tertiary/aromatic N) is 5. The molecule has 1 aliphatic rings. The molecule has 1 saturated heterocycles. The number of piperidine rings is 1. The second kappa shape index (κ2) is 7.05. The lowest BCUT2D eigenvalue weighted by Gasteiger charge is -2.32. The van der Waals surface area contributed by atoms with Crippen LogP contribution in [0.15, 0.2) is 55.2 Å². The molecule has 0 bridgehead atoms. The Kier molecular flexibility index (Phi) is 4.46. The molecule has 0 aromatic carbocycles. The van der Waals surface area contributed by atoms with E-state index in [0.29, 0.717) is 5.92 Å². The Hall–Kier alpha value is -2.69. The smallest absolute Gasteiger partial charge is 0.128 e. The van der Waals surface area contributed by atoms with Gasteiger partial charge in [-0.3, -0.25) is 4.98 Å². The molecule has 0 N–H and O–H groups in total. The number of aryl methyl sites for hydroxylation is 1. The average molecular weight is 333 g/mol. The summed E-state index contributed by atoms with van der Waals surface area (Å²) in [5, 5.41) is 0. The maximum absolute atomic E-state index is 4.66. The molecule has 0 radical (unpaired) electrons. The molecule has 4 rings (SSSR count). The van der Waals surface area contributed by atoms with Crippen molar-refractivity contribution in [2.45, 2.75) is 32.2 Å². The van der Waals surface area contributed by atoms with E-state index in [4.69, 9.17) is 0 Å². The maximum atomic E-state index is 4.66. The van der Waals surface area contributed by atoms with Gasteiger partial charge in [-0.1, -0.05) is 0 Å². The molecule has 0 saturated carbocycles. The van der Waals surface area contributed by atoms with E-state index in [1.807, 2.05) is 30.9 Å². The second-order valence-corrected chi connectivity index (χ2v) is 6.72. The number of hydrogen-bond acceptors (Lipinski definition) is 4. The van der Waals surface area contributed by atoms with E-state index in [9.17, 15) is 0 Å². The molecule has 5 heteroatoms. The summed E-state index contributed by atoms with van der Waals surface area (Å²) in [6, 6.07) is 8.35. The van der Waals surface area contributed by atoms with Gasteiger partial charge in [0.2, 0.25) is 0 Å². The number of aromatic nitrogens is 4. The number of hydrogen-bond donors (Lipinski definition) is 0. The van der Waals surface area contributed by atoms with Gasteiger partial charge in [0, 0.05) is 56.5 Å². The molecule has 128 valence electrons. The van der Waals surface area contributed by atoms with Crippen molar-refractivity contribution >= 4 is 5.82 Å². The predicted octanol–water partition coefficient (Wildman–Crippen LogP) is 3.41. The van der Waals surface area contributed by atoms with Gasteiger partial charge in [-0.15, -0.1) is 0 Å². The topological polar surface area (TPSA) is 46.8 Å². The van der Waals surface area contributed by atoms with Crippen molar-refractivity contribution < 1.29 is 0 Å². The summed E-state index contributed by atoms with van der Waals surface area (Å²) >= 11 is 0. The standard InChI is InChI=1S/C20H23N5/c1-16-2-9-22-19(14-16)24-11-5-18(6-12-24)20-23-10-13-25(20)15-17-3-7-21-8-4-17/h2-4,7-10,13-14,18H,5-6,11-12,15H2,1H3. The van der Waals surface area contributed by atoms with E-state index >= 15 is 0 Å². The van der Waals surface area contributed by atoms with Crippen LogP contribution < -0.4 is 4.90 Å². The third kappa shape index (κ3) is 3.55. The van der Waals surface area contributed by atoms with Crippen LogP contribution in [0.2, 0.25) is 0 Å². The van der Waals surface area contributed by atoms with Crippen LogP contribution in [0.4, 0.5) is 5.82 Å². The summed E-state index contributed by atoms with van der Waals surface area (Å²) in [4.78, 5) is 15.7. The van der Waals surface area contributed by atoms with Gasteiger partial charge in [-0.25, -0.2) is 9.97 Å². The van der Waals surface area contributed by atoms with Crippen LogP contribution in [0.1, 0.15) is 35.7 Å². The third-order valence-corrected chi connectivity index (χ3v) is 4.94. The van der Waals surface area contributed by atoms with Crippen LogP contribution in [0, 0.1) is 6.92 Å². The molecular formula is C20H23N5. The van der Waals surface area contributed by atoms with Crippen molar-refractivity contribution in [1.82, 2.24) is 19.5 Å². The Balaban J connectivity index is 1.44. The van der Waals surface area contributed by atoms with Gasteiger partial charge in [-0.05, 0) is 55.2 Å². The van der Waals surface area contributed by atoms with E-state index < -0.39 is 0 Å². The molecule has 4 heterocycles. The minimum absolute atomic E-state index is 0.512. The molecule has 3 aromatic rings. The molecule has 0 unspecified atom stereocenters. The van der Waals surface area contributed by atoms with Crippen molar-refractivity contribution in [3.63, 3.8) is 0 Å². The largest absolute Gasteiger partial charge is 0.357 e. The molecular weight excluding hydrogens is 310 g/mol. The average Bonchev–Trinajstić information content (AvgIpc) is 3.11. The SMILES string of the molecule is Cc1ccnc(N2CCC(c3nccn3Cc3ccncc3)CC2)c1. The highest BCUT2D eigenvalue weighted by atomic mass is 15.2. The highest BCUT2D eigenvalue weighted by molar-refractivity contribution is 5.41. The van der Waals surface area contributed by atoms with E-state index in [2.05, 4.69) is 55.7 Å². The van der Waals surface area contributed by atoms with Crippen molar-refractivity contribution in [1.29, 1.82) is 0 Å². The summed E-state index contributed by atoms with van der Waals surface area (Å²) < 4.78 is 2.28. The highest BCUT2D eigenvalue weighted by Crippen LogP contribution is 2.29. The van der Waals surface area contributed by atoms with Gasteiger partial charge >= 0.3 is 0 Å². The molecule has 3 aromatic heterocycles. The Morgan fingerprint density at radius 3 is 2.56 bits per heavy atom. The molecule has 25 heavy (non-hydrogen) atoms. The van der Waals surface area contributed by atoms with Crippen molar-refractivity contribution in [3.8, 4) is 0 Å². The number of imidazole rings is 1. The quantitative estimate of drug-likeness (QED) is 0.734. The lowest BCUT2D eigenvalue weighted by Crippen LogP contribution is -2.34. The summed E-state index contributed by atoms with van der Waals surface area (Å²) in [7, 11) is 0. The first-order valence-electron chi connectivity index (χ1n) is 8.87. The van der Waals surface area contributed by atoms with Gasteiger partial charge < -0.3 is 9.47 Å². The second-order valence-electron chi connectivity index (χ2n) is 6.72. The van der Waals surface area contributed by atoms with Crippen LogP contribution in [0.25, 0.3) is 0 Å². The first kappa shape index (κ1) is 15.8. The fourth-order valence-electron chi connectivity index (χ4n) is 3.56. The summed E-state index contributed by atoms with van der Waals surface area (Å²) in [6.45, 7) is 5.04. The van der Waals surface area contributed by atoms with Crippen molar-refractivity contribution in [3.05, 3.63) is 72.2 Å². The number of pyridine rings is 2. The minimum atomic E-state index is 0.512. The lowest BCUT2D eigenvalue weighted by atomic mass is 9.95. The molecule has 1 fully saturated rings. The Morgan fingerprint density at radius 2 is 1.80 bits per heavy atom. The Labute approximate surface area is 148 Å². The summed E-state index contributed by atoms with van der Waals surface area (Å²) in [5.74, 6) is 2.81. The Morgan fingerprint density at radius 1 is 1.00 bits per heavy atom. The van der Waals surface area contributed by atoms with Crippen LogP contribution in [-0.2, 0) is 6.54 Å². The van der Waals surface area contributed by atoms with Crippen molar-refractivity contribution in [2.24, 2.45) is 0 Å². The van der Waals surface area contributed by atoms with Crippen molar-refractivity contribution in [2.75, 3.05) is 18.0 Å². The highest BCUT2D eigenvalue weighted by Gasteiger charge is 2.24.